The van der Waals surface area contributed by atoms with Crippen LogP contribution in [0.1, 0.15) is 24.1 Å². The molecule has 2 aromatic heterocycles. The first-order valence-corrected chi connectivity index (χ1v) is 8.78. The number of H-pyrrole nitrogens is 1. The minimum atomic E-state index is -0.281. The van der Waals surface area contributed by atoms with E-state index in [0.29, 0.717) is 34.9 Å². The van der Waals surface area contributed by atoms with Gasteiger partial charge in [0.25, 0.3) is 5.56 Å². The number of amides is 1. The molecule has 3 heterocycles. The number of nitrogens with one attached hydrogen (secondary N) is 1. The number of aromatic amines is 1. The zero-order chi connectivity index (χ0) is 17.1. The van der Waals surface area contributed by atoms with Crippen molar-refractivity contribution in [2.24, 2.45) is 17.8 Å². The molecule has 0 unspecified atom stereocenters. The molecule has 1 N–H and O–H groups in total. The van der Waals surface area contributed by atoms with Gasteiger partial charge in [0.15, 0.2) is 11.6 Å². The van der Waals surface area contributed by atoms with Gasteiger partial charge in [0.2, 0.25) is 5.91 Å². The van der Waals surface area contributed by atoms with Crippen LogP contribution in [-0.2, 0) is 11.2 Å². The van der Waals surface area contributed by atoms with Gasteiger partial charge in [-0.15, -0.1) is 0 Å². The number of fused-ring (bicyclic) bond motifs is 5. The van der Waals surface area contributed by atoms with Crippen LogP contribution in [0.25, 0.3) is 11.6 Å². The van der Waals surface area contributed by atoms with Crippen LogP contribution in [0.3, 0.4) is 0 Å². The van der Waals surface area contributed by atoms with Crippen LogP contribution in [0.2, 0.25) is 0 Å². The van der Waals surface area contributed by atoms with E-state index in [1.54, 1.807) is 25.4 Å². The lowest BCUT2D eigenvalue weighted by Gasteiger charge is -2.27. The van der Waals surface area contributed by atoms with Gasteiger partial charge in [0, 0.05) is 36.2 Å². The fourth-order valence-electron chi connectivity index (χ4n) is 4.72. The highest BCUT2D eigenvalue weighted by Gasteiger charge is 2.61. The van der Waals surface area contributed by atoms with Crippen molar-refractivity contribution in [2.45, 2.75) is 32.2 Å². The highest BCUT2D eigenvalue weighted by atomic mass is 16.2. The van der Waals surface area contributed by atoms with E-state index in [4.69, 9.17) is 0 Å². The Balaban J connectivity index is 1.39. The first-order chi connectivity index (χ1) is 12.1. The highest BCUT2D eigenvalue weighted by Crippen LogP contribution is 2.61. The van der Waals surface area contributed by atoms with E-state index in [1.807, 2.05) is 4.90 Å². The molecule has 2 bridgehead atoms. The Hall–Kier alpha value is -2.57. The van der Waals surface area contributed by atoms with E-state index < -0.39 is 0 Å². The van der Waals surface area contributed by atoms with E-state index in [2.05, 4.69) is 19.9 Å². The largest absolute Gasteiger partial charge is 0.339 e. The van der Waals surface area contributed by atoms with Crippen molar-refractivity contribution in [2.75, 3.05) is 6.54 Å². The number of likely N-dealkylation sites (tertiary alicyclic amines) is 1. The third-order valence-electron chi connectivity index (χ3n) is 6.01. The van der Waals surface area contributed by atoms with Gasteiger partial charge >= 0.3 is 0 Å². The first kappa shape index (κ1) is 14.7. The molecule has 2 saturated carbocycles. The fraction of sp³-hybridized carbons (Fsp3) is 0.500. The van der Waals surface area contributed by atoms with Crippen LogP contribution in [0.15, 0.2) is 23.3 Å². The Labute approximate surface area is 144 Å². The summed E-state index contributed by atoms with van der Waals surface area (Å²) in [5.41, 5.74) is 0.727. The maximum absolute atomic E-state index is 12.7. The quantitative estimate of drug-likeness (QED) is 0.900. The molecule has 1 amide bonds. The van der Waals surface area contributed by atoms with Crippen molar-refractivity contribution in [3.8, 4) is 11.6 Å². The van der Waals surface area contributed by atoms with Gasteiger partial charge in [-0.25, -0.2) is 15.0 Å². The predicted octanol–water partition coefficient (Wildman–Crippen LogP) is 0.945. The van der Waals surface area contributed by atoms with E-state index in [1.165, 1.54) is 6.42 Å². The second kappa shape index (κ2) is 5.21. The summed E-state index contributed by atoms with van der Waals surface area (Å²) in [6, 6.07) is 2.11. The third kappa shape index (κ3) is 2.29. The molecule has 5 rings (SSSR count). The number of nitrogens with zero attached hydrogens (tertiary/aromatic N) is 4. The van der Waals surface area contributed by atoms with Crippen molar-refractivity contribution in [3.05, 3.63) is 40.1 Å². The number of aryl methyl sites for hydroxylation is 1. The molecular formula is C18H19N5O2. The van der Waals surface area contributed by atoms with E-state index >= 15 is 0 Å². The zero-order valence-corrected chi connectivity index (χ0v) is 14.0. The zero-order valence-electron chi connectivity index (χ0n) is 14.0. The molecule has 1 saturated heterocycles. The molecule has 25 heavy (non-hydrogen) atoms. The molecule has 1 aliphatic heterocycles. The maximum Gasteiger partial charge on any atom is 0.255 e. The van der Waals surface area contributed by atoms with Gasteiger partial charge in [-0.3, -0.25) is 9.59 Å². The summed E-state index contributed by atoms with van der Waals surface area (Å²) in [4.78, 5) is 42.6. The lowest BCUT2D eigenvalue weighted by molar-refractivity contribution is -0.132. The molecule has 128 valence electrons. The molecule has 7 heteroatoms. The van der Waals surface area contributed by atoms with Crippen LogP contribution < -0.4 is 5.56 Å². The molecule has 4 atom stereocenters. The van der Waals surface area contributed by atoms with E-state index in [-0.39, 0.29) is 17.9 Å². The Morgan fingerprint density at radius 3 is 2.76 bits per heavy atom. The summed E-state index contributed by atoms with van der Waals surface area (Å²) < 4.78 is 0. The fourth-order valence-corrected chi connectivity index (χ4v) is 4.72. The van der Waals surface area contributed by atoms with Crippen molar-refractivity contribution < 1.29 is 4.79 Å². The lowest BCUT2D eigenvalue weighted by Crippen LogP contribution is -2.41. The summed E-state index contributed by atoms with van der Waals surface area (Å²) in [7, 11) is 0. The van der Waals surface area contributed by atoms with Crippen LogP contribution in [-0.4, -0.2) is 43.3 Å². The van der Waals surface area contributed by atoms with Crippen molar-refractivity contribution >= 4 is 5.91 Å². The second-order valence-corrected chi connectivity index (χ2v) is 7.40. The molecule has 2 aromatic rings. The van der Waals surface area contributed by atoms with E-state index in [9.17, 15) is 9.59 Å². The van der Waals surface area contributed by atoms with Crippen LogP contribution in [0, 0.1) is 24.7 Å². The average Bonchev–Trinajstić information content (AvgIpc) is 3.22. The number of carbonyl (C=O) groups is 1. The topological polar surface area (TPSA) is 91.8 Å². The number of carbonyl (C=O) groups excluding carboxylic acids is 1. The molecule has 7 nitrogen and oxygen atoms in total. The highest BCUT2D eigenvalue weighted by molar-refractivity contribution is 5.80. The lowest BCUT2D eigenvalue weighted by atomic mass is 10.1. The molecule has 0 radical (unpaired) electrons. The molecule has 3 aliphatic rings. The SMILES string of the molecule is Cc1nc(-c2ncccn2)[nH]c(=O)c1CC(=O)N1C[C@@H]2C[C@H]1[C@H]1C[C@@H]21. The van der Waals surface area contributed by atoms with Gasteiger partial charge in [-0.05, 0) is 43.6 Å². The number of rotatable bonds is 3. The van der Waals surface area contributed by atoms with Crippen molar-refractivity contribution in [3.63, 3.8) is 0 Å². The summed E-state index contributed by atoms with van der Waals surface area (Å²) in [5, 5.41) is 0. The van der Waals surface area contributed by atoms with Gasteiger partial charge < -0.3 is 9.88 Å². The van der Waals surface area contributed by atoms with E-state index in [0.717, 1.165) is 24.8 Å². The Bertz CT molecular complexity index is 909. The third-order valence-corrected chi connectivity index (χ3v) is 6.01. The minimum absolute atomic E-state index is 0.0527. The van der Waals surface area contributed by atoms with Crippen molar-refractivity contribution in [1.82, 2.24) is 24.8 Å². The number of hydrogen-bond donors (Lipinski definition) is 1. The standard InChI is InChI=1S/C18H19N5O2/c1-9-11(18(25)22-17(21-9)16-19-3-2-4-20-16)7-15(24)23-8-10-5-14(23)13-6-12(10)13/h2-4,10,12-14H,5-8H2,1H3,(H,21,22,25)/t10-,12-,13-,14-/m0/s1. The first-order valence-electron chi connectivity index (χ1n) is 8.78. The van der Waals surface area contributed by atoms with Crippen LogP contribution >= 0.6 is 0 Å². The number of piperidine rings is 1. The molecule has 0 spiro atoms. The maximum atomic E-state index is 12.7. The summed E-state index contributed by atoms with van der Waals surface area (Å²) >= 11 is 0. The van der Waals surface area contributed by atoms with Crippen LogP contribution in [0.4, 0.5) is 0 Å². The normalized spacial score (nSPS) is 28.9. The molecule has 3 fully saturated rings. The Morgan fingerprint density at radius 2 is 2.08 bits per heavy atom. The Kier molecular flexibility index (Phi) is 3.07. The number of aromatic nitrogens is 4. The summed E-state index contributed by atoms with van der Waals surface area (Å²) in [6.07, 6.45) is 5.75. The smallest absolute Gasteiger partial charge is 0.255 e. The van der Waals surface area contributed by atoms with Crippen molar-refractivity contribution in [1.29, 1.82) is 0 Å². The van der Waals surface area contributed by atoms with Crippen LogP contribution in [0.5, 0.6) is 0 Å². The monoisotopic (exact) mass is 337 g/mol. The average molecular weight is 337 g/mol. The summed E-state index contributed by atoms with van der Waals surface area (Å²) in [6.45, 7) is 2.63. The molecular weight excluding hydrogens is 318 g/mol. The Morgan fingerprint density at radius 1 is 1.28 bits per heavy atom. The van der Waals surface area contributed by atoms with Gasteiger partial charge in [-0.1, -0.05) is 0 Å². The minimum Gasteiger partial charge on any atom is -0.339 e. The molecule has 0 aromatic carbocycles. The predicted molar refractivity (Wildman–Crippen MR) is 89.5 cm³/mol. The molecule has 2 aliphatic carbocycles. The second-order valence-electron chi connectivity index (χ2n) is 7.40. The van der Waals surface area contributed by atoms with Gasteiger partial charge in [0.05, 0.1) is 6.42 Å². The van der Waals surface area contributed by atoms with Gasteiger partial charge in [-0.2, -0.15) is 0 Å². The van der Waals surface area contributed by atoms with Gasteiger partial charge in [0.1, 0.15) is 0 Å². The summed E-state index contributed by atoms with van der Waals surface area (Å²) in [5.74, 6) is 3.03. The number of hydrogen-bond acceptors (Lipinski definition) is 5.